The lowest BCUT2D eigenvalue weighted by atomic mass is 9.87. The zero-order valence-corrected chi connectivity index (χ0v) is 22.8. The minimum atomic E-state index is -4.58. The van der Waals surface area contributed by atoms with Crippen LogP contribution in [0.1, 0.15) is 79.5 Å². The Morgan fingerprint density at radius 2 is 1.95 bits per heavy atom. The number of nitrogens with zero attached hydrogens (tertiary/aromatic N) is 2. The van der Waals surface area contributed by atoms with Gasteiger partial charge in [-0.15, -0.1) is 0 Å². The lowest BCUT2D eigenvalue weighted by Gasteiger charge is -2.40. The van der Waals surface area contributed by atoms with Crippen LogP contribution in [0.15, 0.2) is 53.5 Å². The van der Waals surface area contributed by atoms with E-state index in [4.69, 9.17) is 20.2 Å². The molecule has 0 radical (unpaired) electrons. The lowest BCUT2D eigenvalue weighted by Crippen LogP contribution is -2.52. The van der Waals surface area contributed by atoms with Gasteiger partial charge in [-0.25, -0.2) is 4.99 Å². The standard InChI is InChI=1S/C29H35F3N4O4/c1-4-28(5-2)17-25(37)36(27(33)35-28)22(13-14-39-3)18-9-8-10-19(15-18)26(38)34-21-16-24(29(30,31)32)40-23-12-7-6-11-20(21)23/h6-12,15,21-22,24H,4-5,13-14,16-17H2,1-3H3,(H2,33,35)(H,34,38)/t21-,22?,24?/m0/s1. The van der Waals surface area contributed by atoms with Crippen molar-refractivity contribution >= 4 is 17.8 Å². The van der Waals surface area contributed by atoms with Crippen molar-refractivity contribution in [2.75, 3.05) is 13.7 Å². The van der Waals surface area contributed by atoms with Gasteiger partial charge in [-0.3, -0.25) is 14.5 Å². The Labute approximate surface area is 231 Å². The van der Waals surface area contributed by atoms with E-state index < -0.39 is 42.2 Å². The van der Waals surface area contributed by atoms with Crippen molar-refractivity contribution in [2.24, 2.45) is 10.7 Å². The summed E-state index contributed by atoms with van der Waals surface area (Å²) in [7, 11) is 1.55. The molecule has 0 aliphatic carbocycles. The molecule has 2 aromatic carbocycles. The van der Waals surface area contributed by atoms with Gasteiger partial charge in [-0.2, -0.15) is 13.2 Å². The second kappa shape index (κ2) is 11.9. The molecule has 40 heavy (non-hydrogen) atoms. The number of carbonyl (C=O) groups excluding carboxylic acids is 2. The van der Waals surface area contributed by atoms with Gasteiger partial charge < -0.3 is 20.5 Å². The molecule has 4 rings (SSSR count). The Hall–Kier alpha value is -3.60. The number of halogens is 3. The number of nitrogens with two attached hydrogens (primary N) is 1. The van der Waals surface area contributed by atoms with E-state index in [-0.39, 0.29) is 29.6 Å². The van der Waals surface area contributed by atoms with Crippen molar-refractivity contribution in [3.63, 3.8) is 0 Å². The zero-order valence-electron chi connectivity index (χ0n) is 22.8. The summed E-state index contributed by atoms with van der Waals surface area (Å²) < 4.78 is 51.1. The molecule has 0 spiro atoms. The first-order valence-corrected chi connectivity index (χ1v) is 13.4. The van der Waals surface area contributed by atoms with Gasteiger partial charge >= 0.3 is 6.18 Å². The largest absolute Gasteiger partial charge is 0.480 e. The summed E-state index contributed by atoms with van der Waals surface area (Å²) in [5.41, 5.74) is 7.16. The van der Waals surface area contributed by atoms with Crippen LogP contribution in [0.2, 0.25) is 0 Å². The Kier molecular flexibility index (Phi) is 8.72. The van der Waals surface area contributed by atoms with Crippen molar-refractivity contribution in [1.82, 2.24) is 10.2 Å². The fourth-order valence-corrected chi connectivity index (χ4v) is 5.38. The van der Waals surface area contributed by atoms with Crippen LogP contribution in [0, 0.1) is 0 Å². The van der Waals surface area contributed by atoms with E-state index in [9.17, 15) is 22.8 Å². The number of fused-ring (bicyclic) bond motifs is 1. The van der Waals surface area contributed by atoms with Crippen molar-refractivity contribution < 1.29 is 32.2 Å². The Bertz CT molecular complexity index is 1260. The summed E-state index contributed by atoms with van der Waals surface area (Å²) in [6, 6.07) is 11.6. The maximum absolute atomic E-state index is 13.5. The maximum Gasteiger partial charge on any atom is 0.425 e. The maximum atomic E-state index is 13.5. The average molecular weight is 561 g/mol. The van der Waals surface area contributed by atoms with E-state index in [0.717, 1.165) is 0 Å². The van der Waals surface area contributed by atoms with E-state index in [2.05, 4.69) is 5.32 Å². The van der Waals surface area contributed by atoms with E-state index in [0.29, 0.717) is 37.0 Å². The number of carbonyl (C=O) groups is 2. The third-order valence-electron chi connectivity index (χ3n) is 7.79. The second-order valence-electron chi connectivity index (χ2n) is 10.2. The number of nitrogens with one attached hydrogen (secondary N) is 1. The predicted molar refractivity (Wildman–Crippen MR) is 144 cm³/mol. The molecule has 2 aromatic rings. The van der Waals surface area contributed by atoms with Gasteiger partial charge in [0.25, 0.3) is 5.91 Å². The van der Waals surface area contributed by atoms with Gasteiger partial charge in [0.2, 0.25) is 5.91 Å². The summed E-state index contributed by atoms with van der Waals surface area (Å²) in [6.07, 6.45) is -5.11. The Morgan fingerprint density at radius 3 is 2.60 bits per heavy atom. The molecule has 3 atom stereocenters. The van der Waals surface area contributed by atoms with Gasteiger partial charge in [0.15, 0.2) is 12.1 Å². The predicted octanol–water partition coefficient (Wildman–Crippen LogP) is 5.05. The number of aliphatic imine (C=N–C) groups is 1. The number of amides is 2. The van der Waals surface area contributed by atoms with Crippen molar-refractivity contribution in [2.45, 2.75) is 75.9 Å². The normalized spacial score (nSPS) is 21.2. The number of methoxy groups -OCH3 is 1. The van der Waals surface area contributed by atoms with Crippen LogP contribution in [-0.2, 0) is 9.53 Å². The molecule has 2 amide bonds. The first kappa shape index (κ1) is 29.4. The van der Waals surface area contributed by atoms with E-state index in [1.54, 1.807) is 49.6 Å². The van der Waals surface area contributed by atoms with Crippen LogP contribution in [0.3, 0.4) is 0 Å². The second-order valence-corrected chi connectivity index (χ2v) is 10.2. The minimum Gasteiger partial charge on any atom is -0.480 e. The van der Waals surface area contributed by atoms with E-state index in [1.807, 2.05) is 13.8 Å². The summed E-state index contributed by atoms with van der Waals surface area (Å²) in [5.74, 6) is -0.502. The number of rotatable bonds is 9. The summed E-state index contributed by atoms with van der Waals surface area (Å²) in [5, 5.41) is 2.75. The van der Waals surface area contributed by atoms with Crippen LogP contribution in [0.4, 0.5) is 13.2 Å². The lowest BCUT2D eigenvalue weighted by molar-refractivity contribution is -0.201. The number of hydrogen-bond donors (Lipinski definition) is 2. The minimum absolute atomic E-state index is 0.0864. The number of benzene rings is 2. The molecule has 0 bridgehead atoms. The molecule has 0 aromatic heterocycles. The first-order chi connectivity index (χ1) is 19.0. The van der Waals surface area contributed by atoms with Crippen LogP contribution in [0.5, 0.6) is 5.75 Å². The molecule has 216 valence electrons. The van der Waals surface area contributed by atoms with Crippen LogP contribution >= 0.6 is 0 Å². The van der Waals surface area contributed by atoms with Gasteiger partial charge in [0.1, 0.15) is 5.75 Å². The van der Waals surface area contributed by atoms with E-state index >= 15 is 0 Å². The van der Waals surface area contributed by atoms with Crippen LogP contribution in [-0.4, -0.2) is 54.2 Å². The van der Waals surface area contributed by atoms with Crippen molar-refractivity contribution in [3.8, 4) is 5.75 Å². The molecule has 0 fully saturated rings. The van der Waals surface area contributed by atoms with Crippen molar-refractivity contribution in [3.05, 3.63) is 65.2 Å². The summed E-state index contributed by atoms with van der Waals surface area (Å²) >= 11 is 0. The molecular weight excluding hydrogens is 525 g/mol. The smallest absolute Gasteiger partial charge is 0.425 e. The topological polar surface area (TPSA) is 106 Å². The fraction of sp³-hybridized carbons (Fsp3) is 0.483. The number of para-hydroxylation sites is 1. The highest BCUT2D eigenvalue weighted by Crippen LogP contribution is 2.40. The fourth-order valence-electron chi connectivity index (χ4n) is 5.38. The number of alkyl halides is 3. The molecule has 2 aliphatic heterocycles. The highest BCUT2D eigenvalue weighted by atomic mass is 19.4. The average Bonchev–Trinajstić information content (AvgIpc) is 2.93. The quantitative estimate of drug-likeness (QED) is 0.446. The molecule has 0 saturated carbocycles. The molecule has 2 aliphatic rings. The zero-order chi connectivity index (χ0) is 29.1. The molecule has 3 N–H and O–H groups in total. The van der Waals surface area contributed by atoms with Crippen molar-refractivity contribution in [1.29, 1.82) is 0 Å². The highest BCUT2D eigenvalue weighted by molar-refractivity contribution is 6.00. The molecule has 11 heteroatoms. The molecule has 2 heterocycles. The summed E-state index contributed by atoms with van der Waals surface area (Å²) in [4.78, 5) is 32.9. The number of hydrogen-bond acceptors (Lipinski definition) is 6. The van der Waals surface area contributed by atoms with Crippen LogP contribution < -0.4 is 15.8 Å². The van der Waals surface area contributed by atoms with E-state index in [1.165, 1.54) is 11.0 Å². The number of ether oxygens (including phenoxy) is 2. The third-order valence-corrected chi connectivity index (χ3v) is 7.79. The Morgan fingerprint density at radius 1 is 1.23 bits per heavy atom. The molecular formula is C29H35F3N4O4. The third kappa shape index (κ3) is 6.09. The first-order valence-electron chi connectivity index (χ1n) is 13.4. The summed E-state index contributed by atoms with van der Waals surface area (Å²) in [6.45, 7) is 4.27. The van der Waals surface area contributed by atoms with Gasteiger partial charge in [0, 0.05) is 31.3 Å². The number of guanidine groups is 1. The molecule has 8 nitrogen and oxygen atoms in total. The Balaban J connectivity index is 1.62. The molecule has 0 saturated heterocycles. The highest BCUT2D eigenvalue weighted by Gasteiger charge is 2.46. The monoisotopic (exact) mass is 560 g/mol. The van der Waals surface area contributed by atoms with Crippen LogP contribution in [0.25, 0.3) is 0 Å². The molecule has 2 unspecified atom stereocenters. The SMILES string of the molecule is CCC1(CC)CC(=O)N(C(CCOC)c2cccc(C(=O)N[C@H]3CC(C(F)(F)F)Oc4ccccc43)c2)C(N)=N1. The van der Waals surface area contributed by atoms with Gasteiger partial charge in [0.05, 0.1) is 24.0 Å². The van der Waals surface area contributed by atoms with Gasteiger partial charge in [-0.05, 0) is 43.0 Å². The van der Waals surface area contributed by atoms with Gasteiger partial charge in [-0.1, -0.05) is 44.2 Å².